The molecule has 1 N–H and O–H groups in total. The topological polar surface area (TPSA) is 67.5 Å². The Morgan fingerprint density at radius 1 is 1.53 bits per heavy atom. The van der Waals surface area contributed by atoms with E-state index in [2.05, 4.69) is 10.3 Å². The molecule has 0 bridgehead atoms. The van der Waals surface area contributed by atoms with E-state index in [4.69, 9.17) is 11.6 Å². The lowest BCUT2D eigenvalue weighted by molar-refractivity contribution is -0.554. The fourth-order valence-electron chi connectivity index (χ4n) is 2.13. The van der Waals surface area contributed by atoms with Crippen molar-refractivity contribution in [1.29, 1.82) is 0 Å². The van der Waals surface area contributed by atoms with Gasteiger partial charge in [0.2, 0.25) is 5.17 Å². The Hall–Kier alpha value is -1.46. The van der Waals surface area contributed by atoms with Gasteiger partial charge in [-0.1, -0.05) is 43.1 Å². The molecule has 1 heterocycles. The summed E-state index contributed by atoms with van der Waals surface area (Å²) in [4.78, 5) is 15.3. The van der Waals surface area contributed by atoms with Crippen LogP contribution in [0, 0.1) is 10.1 Å². The van der Waals surface area contributed by atoms with Gasteiger partial charge in [0, 0.05) is 6.54 Å². The predicted molar refractivity (Wildman–Crippen MR) is 75.7 cm³/mol. The van der Waals surface area contributed by atoms with Crippen molar-refractivity contribution in [2.24, 2.45) is 4.99 Å². The second-order valence-corrected chi connectivity index (χ2v) is 4.96. The van der Waals surface area contributed by atoms with Gasteiger partial charge < -0.3 is 0 Å². The standard InChI is InChI=1S/C13H16ClN3O2/c1-2-3-8-15-13(17(18)19)9-10-6-4-5-7-11(10)16-12(13)14/h4-7,15H,2-3,8-9H2,1H3. The van der Waals surface area contributed by atoms with Gasteiger partial charge in [0.1, 0.15) is 0 Å². The van der Waals surface area contributed by atoms with E-state index in [1.54, 1.807) is 0 Å². The quantitative estimate of drug-likeness (QED) is 0.390. The zero-order chi connectivity index (χ0) is 13.9. The molecule has 2 rings (SSSR count). The summed E-state index contributed by atoms with van der Waals surface area (Å²) >= 11 is 6.09. The molecule has 5 nitrogen and oxygen atoms in total. The van der Waals surface area contributed by atoms with E-state index in [9.17, 15) is 10.1 Å². The molecule has 0 aliphatic carbocycles. The third-order valence-electron chi connectivity index (χ3n) is 3.26. The highest BCUT2D eigenvalue weighted by Gasteiger charge is 2.50. The van der Waals surface area contributed by atoms with Crippen molar-refractivity contribution >= 4 is 22.5 Å². The SMILES string of the molecule is CCCCNC1([N+](=O)[O-])Cc2ccccc2N=C1Cl. The monoisotopic (exact) mass is 281 g/mol. The first-order valence-corrected chi connectivity index (χ1v) is 6.70. The average molecular weight is 282 g/mol. The molecule has 0 radical (unpaired) electrons. The Kier molecular flexibility index (Phi) is 4.17. The zero-order valence-corrected chi connectivity index (χ0v) is 11.5. The molecule has 0 saturated carbocycles. The lowest BCUT2D eigenvalue weighted by atomic mass is 9.96. The van der Waals surface area contributed by atoms with Crippen LogP contribution in [0.4, 0.5) is 5.69 Å². The van der Waals surface area contributed by atoms with Crippen molar-refractivity contribution in [1.82, 2.24) is 5.32 Å². The molecule has 1 aliphatic rings. The molecule has 19 heavy (non-hydrogen) atoms. The summed E-state index contributed by atoms with van der Waals surface area (Å²) in [5, 5.41) is 14.4. The Bertz CT molecular complexity index is 518. The largest absolute Gasteiger partial charge is 0.332 e. The number of aliphatic imine (C=N–C) groups is 1. The summed E-state index contributed by atoms with van der Waals surface area (Å²) in [6.07, 6.45) is 2.05. The number of para-hydroxylation sites is 1. The van der Waals surface area contributed by atoms with Gasteiger partial charge in [-0.05, 0) is 18.1 Å². The van der Waals surface area contributed by atoms with E-state index in [0.717, 1.165) is 18.4 Å². The fraction of sp³-hybridized carbons (Fsp3) is 0.462. The van der Waals surface area contributed by atoms with E-state index in [-0.39, 0.29) is 16.5 Å². The predicted octanol–water partition coefficient (Wildman–Crippen LogP) is 2.87. The molecule has 1 aromatic carbocycles. The van der Waals surface area contributed by atoms with Gasteiger partial charge in [-0.25, -0.2) is 10.3 Å². The minimum absolute atomic E-state index is 0.00676. The molecule has 0 saturated heterocycles. The van der Waals surface area contributed by atoms with Crippen LogP contribution < -0.4 is 5.32 Å². The molecule has 0 spiro atoms. The van der Waals surface area contributed by atoms with E-state index in [0.29, 0.717) is 12.2 Å². The number of hydrogen-bond acceptors (Lipinski definition) is 4. The van der Waals surface area contributed by atoms with Crippen molar-refractivity contribution in [3.05, 3.63) is 39.9 Å². The van der Waals surface area contributed by atoms with Crippen LogP contribution in [0.15, 0.2) is 29.3 Å². The van der Waals surface area contributed by atoms with Crippen molar-refractivity contribution in [3.63, 3.8) is 0 Å². The Morgan fingerprint density at radius 2 is 2.26 bits per heavy atom. The highest BCUT2D eigenvalue weighted by atomic mass is 35.5. The van der Waals surface area contributed by atoms with Gasteiger partial charge in [0.05, 0.1) is 17.0 Å². The first kappa shape index (κ1) is 14.0. The molecule has 0 amide bonds. The maximum Gasteiger partial charge on any atom is 0.332 e. The lowest BCUT2D eigenvalue weighted by Gasteiger charge is -2.28. The van der Waals surface area contributed by atoms with E-state index >= 15 is 0 Å². The van der Waals surface area contributed by atoms with Crippen LogP contribution in [0.5, 0.6) is 0 Å². The maximum absolute atomic E-state index is 11.5. The van der Waals surface area contributed by atoms with Gasteiger partial charge in [-0.15, -0.1) is 0 Å². The molecule has 102 valence electrons. The van der Waals surface area contributed by atoms with Gasteiger partial charge in [0.25, 0.3) is 0 Å². The third-order valence-corrected chi connectivity index (χ3v) is 3.65. The van der Waals surface area contributed by atoms with Gasteiger partial charge in [0.15, 0.2) is 0 Å². The highest BCUT2D eigenvalue weighted by Crippen LogP contribution is 2.32. The Labute approximate surface area is 116 Å². The molecule has 6 heteroatoms. The number of benzene rings is 1. The summed E-state index contributed by atoms with van der Waals surface area (Å²) in [6, 6.07) is 7.36. The van der Waals surface area contributed by atoms with Gasteiger partial charge in [-0.3, -0.25) is 10.1 Å². The molecular formula is C13H16ClN3O2. The van der Waals surface area contributed by atoms with Crippen molar-refractivity contribution in [2.45, 2.75) is 31.8 Å². The minimum Gasteiger partial charge on any atom is -0.262 e. The normalized spacial score (nSPS) is 21.7. The molecular weight excluding hydrogens is 266 g/mol. The average Bonchev–Trinajstić information content (AvgIpc) is 2.39. The molecule has 0 aromatic heterocycles. The number of nitrogens with zero attached hydrogens (tertiary/aromatic N) is 2. The summed E-state index contributed by atoms with van der Waals surface area (Å²) in [5.74, 6) is 0. The number of nitrogens with one attached hydrogen (secondary N) is 1. The molecule has 1 aliphatic heterocycles. The van der Waals surface area contributed by atoms with Crippen LogP contribution in [0.25, 0.3) is 0 Å². The number of unbranched alkanes of at least 4 members (excludes halogenated alkanes) is 1. The first-order valence-electron chi connectivity index (χ1n) is 6.32. The zero-order valence-electron chi connectivity index (χ0n) is 10.7. The second kappa shape index (κ2) is 5.67. The smallest absolute Gasteiger partial charge is 0.262 e. The first-order chi connectivity index (χ1) is 9.10. The van der Waals surface area contributed by atoms with E-state index < -0.39 is 5.66 Å². The van der Waals surface area contributed by atoms with Crippen LogP contribution >= 0.6 is 11.6 Å². The third kappa shape index (κ3) is 2.62. The molecule has 0 fully saturated rings. The van der Waals surface area contributed by atoms with Crippen LogP contribution in [0.3, 0.4) is 0 Å². The van der Waals surface area contributed by atoms with Crippen LogP contribution in [0.1, 0.15) is 25.3 Å². The van der Waals surface area contributed by atoms with E-state index in [1.807, 2.05) is 31.2 Å². The van der Waals surface area contributed by atoms with Gasteiger partial charge in [-0.2, -0.15) is 0 Å². The Morgan fingerprint density at radius 3 is 2.95 bits per heavy atom. The number of halogens is 1. The van der Waals surface area contributed by atoms with Crippen LogP contribution in [0.2, 0.25) is 0 Å². The van der Waals surface area contributed by atoms with Gasteiger partial charge >= 0.3 is 5.66 Å². The Balaban J connectivity index is 2.33. The highest BCUT2D eigenvalue weighted by molar-refractivity contribution is 6.67. The number of fused-ring (bicyclic) bond motifs is 1. The molecule has 1 aromatic rings. The van der Waals surface area contributed by atoms with Crippen LogP contribution in [-0.4, -0.2) is 22.3 Å². The molecule has 1 atom stereocenters. The summed E-state index contributed by atoms with van der Waals surface area (Å²) in [6.45, 7) is 2.58. The summed E-state index contributed by atoms with van der Waals surface area (Å²) in [7, 11) is 0. The summed E-state index contributed by atoms with van der Waals surface area (Å²) < 4.78 is 0. The van der Waals surface area contributed by atoms with Crippen molar-refractivity contribution in [3.8, 4) is 0 Å². The van der Waals surface area contributed by atoms with Crippen molar-refractivity contribution < 1.29 is 4.92 Å². The van der Waals surface area contributed by atoms with E-state index in [1.165, 1.54) is 0 Å². The number of nitro groups is 1. The van der Waals surface area contributed by atoms with Crippen molar-refractivity contribution in [2.75, 3.05) is 6.54 Å². The fourth-order valence-corrected chi connectivity index (χ4v) is 2.42. The number of rotatable bonds is 5. The summed E-state index contributed by atoms with van der Waals surface area (Å²) in [5.41, 5.74) is 0.0697. The minimum atomic E-state index is -1.48. The second-order valence-electron chi connectivity index (χ2n) is 4.61. The molecule has 1 unspecified atom stereocenters. The maximum atomic E-state index is 11.5. The lowest BCUT2D eigenvalue weighted by Crippen LogP contribution is -2.59. The number of hydrogen-bond donors (Lipinski definition) is 1. The van der Waals surface area contributed by atoms with Crippen LogP contribution in [-0.2, 0) is 6.42 Å².